The first kappa shape index (κ1) is 23.1. The minimum Gasteiger partial charge on any atom is -0.506 e. The van der Waals surface area contributed by atoms with E-state index in [0.717, 1.165) is 0 Å². The predicted molar refractivity (Wildman–Crippen MR) is 120 cm³/mol. The zero-order valence-corrected chi connectivity index (χ0v) is 19.3. The quantitative estimate of drug-likeness (QED) is 0.302. The molecule has 0 aliphatic carbocycles. The summed E-state index contributed by atoms with van der Waals surface area (Å²) >= 11 is 1.88. The number of phenolic OH excluding ortho intramolecular Hbond substituents is 1. The van der Waals surface area contributed by atoms with Crippen LogP contribution in [0.1, 0.15) is 0 Å². The highest BCUT2D eigenvalue weighted by molar-refractivity contribution is 14.1. The van der Waals surface area contributed by atoms with Crippen molar-refractivity contribution in [3.05, 3.63) is 44.1 Å². The molecule has 1 N–H and O–H groups in total. The van der Waals surface area contributed by atoms with Crippen molar-refractivity contribution in [2.75, 3.05) is 41.7 Å². The number of ether oxygens (including phenoxy) is 6. The van der Waals surface area contributed by atoms with Gasteiger partial charge in [-0.2, -0.15) is 0 Å². The van der Waals surface area contributed by atoms with Crippen LogP contribution < -0.4 is 19.6 Å². The number of aromatic hydroxyl groups is 1. The summed E-state index contributed by atoms with van der Waals surface area (Å²) in [6, 6.07) is 8.36. The number of benzene rings is 2. The Kier molecular flexibility index (Phi) is 7.96. The molecule has 0 aliphatic heterocycles. The van der Waals surface area contributed by atoms with Crippen molar-refractivity contribution in [3.8, 4) is 34.3 Å². The van der Waals surface area contributed by atoms with Crippen molar-refractivity contribution in [3.63, 3.8) is 0 Å². The average Bonchev–Trinajstić information content (AvgIpc) is 2.78. The van der Waals surface area contributed by atoms with Crippen molar-refractivity contribution in [1.29, 1.82) is 0 Å². The van der Waals surface area contributed by atoms with E-state index in [1.807, 2.05) is 22.6 Å². The first-order valence-electron chi connectivity index (χ1n) is 8.99. The molecule has 3 aromatic rings. The van der Waals surface area contributed by atoms with Crippen molar-refractivity contribution in [2.24, 2.45) is 0 Å². The minimum atomic E-state index is -0.540. The molecule has 3 rings (SSSR count). The van der Waals surface area contributed by atoms with Crippen LogP contribution in [-0.4, -0.2) is 46.8 Å². The molecule has 0 unspecified atom stereocenters. The largest absolute Gasteiger partial charge is 0.506 e. The van der Waals surface area contributed by atoms with Crippen LogP contribution in [-0.2, 0) is 14.2 Å². The van der Waals surface area contributed by atoms with Gasteiger partial charge in [0.15, 0.2) is 26.1 Å². The average molecular weight is 544 g/mol. The standard InChI is InChI=1S/C21H21IO9/c1-25-9-28-13-6-4-12(5-7-13)20-21(30-11-27-3)19(24)16-14(31-20)8-15(29-10-26-2)17(22)18(16)23/h4-8,23H,9-11H2,1-3H3. The number of rotatable bonds is 10. The number of halogens is 1. The monoisotopic (exact) mass is 544 g/mol. The van der Waals surface area contributed by atoms with Crippen molar-refractivity contribution in [1.82, 2.24) is 0 Å². The summed E-state index contributed by atoms with van der Waals surface area (Å²) in [5.74, 6) is 0.712. The van der Waals surface area contributed by atoms with Crippen LogP contribution in [0.3, 0.4) is 0 Å². The lowest BCUT2D eigenvalue weighted by atomic mass is 10.1. The van der Waals surface area contributed by atoms with E-state index < -0.39 is 5.43 Å². The van der Waals surface area contributed by atoms with Crippen LogP contribution in [0.4, 0.5) is 0 Å². The molecule has 166 valence electrons. The first-order valence-corrected chi connectivity index (χ1v) is 10.1. The van der Waals surface area contributed by atoms with Crippen LogP contribution in [0, 0.1) is 3.57 Å². The zero-order chi connectivity index (χ0) is 22.4. The maximum Gasteiger partial charge on any atom is 0.239 e. The molecule has 1 aromatic heterocycles. The number of fused-ring (bicyclic) bond motifs is 1. The fourth-order valence-corrected chi connectivity index (χ4v) is 3.35. The SMILES string of the molecule is COCOc1ccc(-c2oc3cc(OCOC)c(I)c(O)c3c(=O)c2OCOC)cc1. The molecule has 31 heavy (non-hydrogen) atoms. The van der Waals surface area contributed by atoms with Gasteiger partial charge in [0, 0.05) is 33.0 Å². The Hall–Kier alpha value is -2.54. The maximum atomic E-state index is 13.2. The third-order valence-electron chi connectivity index (χ3n) is 4.13. The fraction of sp³-hybridized carbons (Fsp3) is 0.286. The molecular weight excluding hydrogens is 523 g/mol. The summed E-state index contributed by atoms with van der Waals surface area (Å²) in [6.07, 6.45) is 0. The second-order valence-corrected chi connectivity index (χ2v) is 7.26. The Morgan fingerprint density at radius 3 is 2.19 bits per heavy atom. The topological polar surface area (TPSA) is 106 Å². The summed E-state index contributed by atoms with van der Waals surface area (Å²) in [6.45, 7) is -0.101. The molecule has 0 spiro atoms. The summed E-state index contributed by atoms with van der Waals surface area (Å²) in [4.78, 5) is 13.2. The van der Waals surface area contributed by atoms with E-state index >= 15 is 0 Å². The lowest BCUT2D eigenvalue weighted by molar-refractivity contribution is 0.0493. The number of hydrogen-bond donors (Lipinski definition) is 1. The highest BCUT2D eigenvalue weighted by Crippen LogP contribution is 2.40. The van der Waals surface area contributed by atoms with Gasteiger partial charge in [0.25, 0.3) is 0 Å². The molecule has 0 aliphatic rings. The van der Waals surface area contributed by atoms with Crippen molar-refractivity contribution < 1.29 is 37.9 Å². The van der Waals surface area contributed by atoms with Crippen LogP contribution in [0.15, 0.2) is 39.5 Å². The molecule has 10 heteroatoms. The van der Waals surface area contributed by atoms with Gasteiger partial charge in [-0.3, -0.25) is 4.79 Å². The van der Waals surface area contributed by atoms with E-state index in [-0.39, 0.29) is 48.6 Å². The van der Waals surface area contributed by atoms with Gasteiger partial charge in [-0.1, -0.05) is 0 Å². The molecule has 0 atom stereocenters. The van der Waals surface area contributed by atoms with E-state index in [4.69, 9.17) is 32.8 Å². The first-order chi connectivity index (χ1) is 15.0. The third-order valence-corrected chi connectivity index (χ3v) is 5.18. The maximum absolute atomic E-state index is 13.2. The molecule has 0 fully saturated rings. The van der Waals surface area contributed by atoms with Crippen molar-refractivity contribution in [2.45, 2.75) is 0 Å². The number of methoxy groups -OCH3 is 3. The number of phenols is 1. The predicted octanol–water partition coefficient (Wildman–Crippen LogP) is 3.72. The molecular formula is C21H21IO9. The highest BCUT2D eigenvalue weighted by atomic mass is 127. The Morgan fingerprint density at radius 1 is 0.935 bits per heavy atom. The Labute approximate surface area is 191 Å². The summed E-state index contributed by atoms with van der Waals surface area (Å²) in [5, 5.41) is 10.6. The molecule has 0 radical (unpaired) electrons. The van der Waals surface area contributed by atoms with Gasteiger partial charge in [-0.25, -0.2) is 0 Å². The van der Waals surface area contributed by atoms with Gasteiger partial charge < -0.3 is 37.9 Å². The molecule has 9 nitrogen and oxygen atoms in total. The molecule has 1 heterocycles. The van der Waals surface area contributed by atoms with E-state index in [1.165, 1.54) is 27.4 Å². The third kappa shape index (κ3) is 5.03. The van der Waals surface area contributed by atoms with Crippen LogP contribution in [0.5, 0.6) is 23.0 Å². The fourth-order valence-electron chi connectivity index (χ4n) is 2.77. The van der Waals surface area contributed by atoms with E-state index in [0.29, 0.717) is 20.6 Å². The van der Waals surface area contributed by atoms with Gasteiger partial charge in [-0.15, -0.1) is 0 Å². The summed E-state index contributed by atoms with van der Waals surface area (Å²) in [5.41, 5.74) is 0.155. The number of hydrogen-bond acceptors (Lipinski definition) is 9. The van der Waals surface area contributed by atoms with E-state index in [1.54, 1.807) is 24.3 Å². The van der Waals surface area contributed by atoms with E-state index in [9.17, 15) is 9.90 Å². The van der Waals surface area contributed by atoms with Crippen molar-refractivity contribution >= 4 is 33.6 Å². The van der Waals surface area contributed by atoms with Gasteiger partial charge in [-0.05, 0) is 46.9 Å². The molecule has 0 saturated heterocycles. The molecule has 0 saturated carbocycles. The highest BCUT2D eigenvalue weighted by Gasteiger charge is 2.23. The lowest BCUT2D eigenvalue weighted by Crippen LogP contribution is -2.12. The Morgan fingerprint density at radius 2 is 1.55 bits per heavy atom. The minimum absolute atomic E-state index is 0.0240. The zero-order valence-electron chi connectivity index (χ0n) is 17.1. The van der Waals surface area contributed by atoms with Crippen LogP contribution in [0.2, 0.25) is 0 Å². The van der Waals surface area contributed by atoms with E-state index in [2.05, 4.69) is 0 Å². The smallest absolute Gasteiger partial charge is 0.239 e. The Bertz CT molecular complexity index is 1090. The summed E-state index contributed by atoms with van der Waals surface area (Å²) in [7, 11) is 4.44. The molecule has 0 bridgehead atoms. The molecule has 2 aromatic carbocycles. The van der Waals surface area contributed by atoms with Gasteiger partial charge in [0.05, 0.1) is 3.57 Å². The second-order valence-electron chi connectivity index (χ2n) is 6.18. The lowest BCUT2D eigenvalue weighted by Gasteiger charge is -2.14. The second kappa shape index (κ2) is 10.7. The van der Waals surface area contributed by atoms with Crippen LogP contribution >= 0.6 is 22.6 Å². The Balaban J connectivity index is 2.18. The van der Waals surface area contributed by atoms with Gasteiger partial charge >= 0.3 is 0 Å². The normalized spacial score (nSPS) is 11.0. The van der Waals surface area contributed by atoms with Crippen LogP contribution in [0.25, 0.3) is 22.3 Å². The van der Waals surface area contributed by atoms with Gasteiger partial charge in [0.2, 0.25) is 11.2 Å². The van der Waals surface area contributed by atoms with Gasteiger partial charge in [0.1, 0.15) is 28.2 Å². The molecule has 0 amide bonds. The summed E-state index contributed by atoms with van der Waals surface area (Å²) < 4.78 is 37.5.